The number of β-amino-alcohol motifs (C(OH)–C–C–N with tert-alkyl or cyclic N) is 1. The summed E-state index contributed by atoms with van der Waals surface area (Å²) in [5.74, 6) is -0.0963. The zero-order chi connectivity index (χ0) is 22.9. The lowest BCUT2D eigenvalue weighted by molar-refractivity contribution is -0.0137. The van der Waals surface area contributed by atoms with Crippen LogP contribution in [0, 0.1) is 0 Å². The summed E-state index contributed by atoms with van der Waals surface area (Å²) in [4.78, 5) is 31.9. The third kappa shape index (κ3) is 4.23. The van der Waals surface area contributed by atoms with Gasteiger partial charge in [0.25, 0.3) is 11.8 Å². The van der Waals surface area contributed by atoms with Gasteiger partial charge in [0.2, 0.25) is 0 Å². The Morgan fingerprint density at radius 2 is 1.94 bits per heavy atom. The maximum Gasteiger partial charge on any atom is 0.256 e. The predicted octanol–water partition coefficient (Wildman–Crippen LogP) is 2.21. The third-order valence-corrected chi connectivity index (χ3v) is 7.33. The van der Waals surface area contributed by atoms with Crippen molar-refractivity contribution < 1.29 is 14.7 Å². The first-order valence-corrected chi connectivity index (χ1v) is 12.0. The molecule has 7 nitrogen and oxygen atoms in total. The lowest BCUT2D eigenvalue weighted by Gasteiger charge is -2.43. The topological polar surface area (TPSA) is 76.1 Å². The Morgan fingerprint density at radius 3 is 2.73 bits per heavy atom. The number of anilines is 1. The molecule has 2 aromatic carbocycles. The Hall–Kier alpha value is -2.90. The normalized spacial score (nSPS) is 23.4. The molecule has 1 saturated heterocycles. The predicted molar refractivity (Wildman–Crippen MR) is 127 cm³/mol. The molecule has 0 bridgehead atoms. The number of nitrogens with zero attached hydrogens (tertiary/aromatic N) is 3. The molecule has 0 radical (unpaired) electrons. The Labute approximate surface area is 195 Å². The van der Waals surface area contributed by atoms with Gasteiger partial charge in [-0.15, -0.1) is 0 Å². The number of likely N-dealkylation sites (N-methyl/N-ethyl adjacent to an activating group) is 1. The van der Waals surface area contributed by atoms with Crippen LogP contribution in [-0.2, 0) is 13.0 Å². The Morgan fingerprint density at radius 1 is 1.12 bits per heavy atom. The molecule has 0 aliphatic carbocycles. The minimum absolute atomic E-state index is 0.00385. The molecule has 33 heavy (non-hydrogen) atoms. The van der Waals surface area contributed by atoms with E-state index >= 15 is 0 Å². The number of amides is 2. The fourth-order valence-corrected chi connectivity index (χ4v) is 5.42. The zero-order valence-corrected chi connectivity index (χ0v) is 19.2. The van der Waals surface area contributed by atoms with E-state index in [9.17, 15) is 14.7 Å². The highest BCUT2D eigenvalue weighted by molar-refractivity contribution is 6.03. The van der Waals surface area contributed by atoms with Crippen molar-refractivity contribution in [1.29, 1.82) is 0 Å². The van der Waals surface area contributed by atoms with Crippen molar-refractivity contribution in [3.8, 4) is 0 Å². The fraction of sp³-hybridized carbons (Fsp3) is 0.462. The zero-order valence-electron chi connectivity index (χ0n) is 19.2. The fourth-order valence-electron chi connectivity index (χ4n) is 5.42. The molecule has 5 rings (SSSR count). The average Bonchev–Trinajstić information content (AvgIpc) is 3.01. The number of likely N-dealkylation sites (tertiary alicyclic amines) is 1. The van der Waals surface area contributed by atoms with Crippen molar-refractivity contribution in [2.24, 2.45) is 0 Å². The number of benzene rings is 2. The number of nitrogens with one attached hydrogen (secondary N) is 1. The summed E-state index contributed by atoms with van der Waals surface area (Å²) < 4.78 is 0. The van der Waals surface area contributed by atoms with Crippen molar-refractivity contribution in [3.05, 3.63) is 64.7 Å². The summed E-state index contributed by atoms with van der Waals surface area (Å²) in [5, 5.41) is 14.3. The highest BCUT2D eigenvalue weighted by atomic mass is 16.3. The SMILES string of the molecule is CCN1CCNc2cc(C(=O)N3CC[C@H](N4CCc5ccccc5C4)[C@@H](O)C3)ccc2C1=O. The second-order valence-electron chi connectivity index (χ2n) is 9.24. The van der Waals surface area contributed by atoms with E-state index in [1.807, 2.05) is 6.92 Å². The van der Waals surface area contributed by atoms with Gasteiger partial charge in [-0.05, 0) is 49.1 Å². The van der Waals surface area contributed by atoms with Crippen LogP contribution in [0.1, 0.15) is 45.2 Å². The molecule has 3 aliphatic heterocycles. The van der Waals surface area contributed by atoms with Crippen LogP contribution < -0.4 is 5.32 Å². The summed E-state index contributed by atoms with van der Waals surface area (Å²) in [6.07, 6.45) is 1.17. The van der Waals surface area contributed by atoms with Gasteiger partial charge in [0.1, 0.15) is 0 Å². The summed E-state index contributed by atoms with van der Waals surface area (Å²) in [6, 6.07) is 13.9. The molecule has 0 spiro atoms. The summed E-state index contributed by atoms with van der Waals surface area (Å²) in [7, 11) is 0. The second-order valence-corrected chi connectivity index (χ2v) is 9.24. The second kappa shape index (κ2) is 9.15. The molecule has 1 fully saturated rings. The highest BCUT2D eigenvalue weighted by Gasteiger charge is 2.35. The number of hydrogen-bond acceptors (Lipinski definition) is 5. The number of carbonyl (C=O) groups excluding carboxylic acids is 2. The number of carbonyl (C=O) groups is 2. The smallest absolute Gasteiger partial charge is 0.256 e. The van der Waals surface area contributed by atoms with E-state index in [0.29, 0.717) is 49.5 Å². The van der Waals surface area contributed by atoms with E-state index in [0.717, 1.165) is 25.9 Å². The number of rotatable bonds is 3. The van der Waals surface area contributed by atoms with E-state index in [2.05, 4.69) is 34.5 Å². The minimum atomic E-state index is -0.577. The first kappa shape index (κ1) is 21.9. The summed E-state index contributed by atoms with van der Waals surface area (Å²) in [6.45, 7) is 6.67. The lowest BCUT2D eigenvalue weighted by atomic mass is 9.94. The van der Waals surface area contributed by atoms with Crippen LogP contribution in [0.3, 0.4) is 0 Å². The van der Waals surface area contributed by atoms with Gasteiger partial charge in [-0.2, -0.15) is 0 Å². The van der Waals surface area contributed by atoms with Crippen molar-refractivity contribution >= 4 is 17.5 Å². The molecule has 2 atom stereocenters. The Bertz CT molecular complexity index is 1060. The van der Waals surface area contributed by atoms with Crippen molar-refractivity contribution in [3.63, 3.8) is 0 Å². The van der Waals surface area contributed by atoms with E-state index < -0.39 is 6.10 Å². The summed E-state index contributed by atoms with van der Waals surface area (Å²) in [5.41, 5.74) is 4.60. The number of aliphatic hydroxyl groups is 1. The van der Waals surface area contributed by atoms with E-state index in [1.165, 1.54) is 11.1 Å². The molecule has 2 aromatic rings. The van der Waals surface area contributed by atoms with Crippen LogP contribution in [0.25, 0.3) is 0 Å². The van der Waals surface area contributed by atoms with Gasteiger partial charge in [-0.3, -0.25) is 14.5 Å². The molecular formula is C26H32N4O3. The number of hydrogen-bond donors (Lipinski definition) is 2. The van der Waals surface area contributed by atoms with Gasteiger partial charge in [-0.1, -0.05) is 24.3 Å². The monoisotopic (exact) mass is 448 g/mol. The van der Waals surface area contributed by atoms with Crippen LogP contribution in [0.4, 0.5) is 5.69 Å². The first-order chi connectivity index (χ1) is 16.0. The van der Waals surface area contributed by atoms with Crippen LogP contribution >= 0.6 is 0 Å². The Kier molecular flexibility index (Phi) is 6.08. The maximum atomic E-state index is 13.2. The van der Waals surface area contributed by atoms with E-state index in [1.54, 1.807) is 28.0 Å². The van der Waals surface area contributed by atoms with Gasteiger partial charge in [0.15, 0.2) is 0 Å². The molecular weight excluding hydrogens is 416 g/mol. The first-order valence-electron chi connectivity index (χ1n) is 12.0. The number of piperidine rings is 1. The highest BCUT2D eigenvalue weighted by Crippen LogP contribution is 2.27. The molecule has 3 aliphatic rings. The van der Waals surface area contributed by atoms with Crippen LogP contribution in [-0.4, -0.2) is 83.0 Å². The third-order valence-electron chi connectivity index (χ3n) is 7.33. The van der Waals surface area contributed by atoms with Crippen LogP contribution in [0.5, 0.6) is 0 Å². The molecule has 0 aromatic heterocycles. The lowest BCUT2D eigenvalue weighted by Crippen LogP contribution is -2.56. The largest absolute Gasteiger partial charge is 0.390 e. The Balaban J connectivity index is 1.26. The van der Waals surface area contributed by atoms with Gasteiger partial charge in [0.05, 0.1) is 11.7 Å². The van der Waals surface area contributed by atoms with Gasteiger partial charge in [0, 0.05) is 63.1 Å². The molecule has 7 heteroatoms. The standard InChI is InChI=1S/C26H32N4O3/c1-2-28-14-11-27-22-15-19(7-8-21(22)26(28)33)25(32)30-13-10-23(24(31)17-30)29-12-9-18-5-3-4-6-20(18)16-29/h3-8,15,23-24,27,31H,2,9-14,16-17H2,1H3/t23-,24-/m0/s1. The summed E-state index contributed by atoms with van der Waals surface area (Å²) >= 11 is 0. The molecule has 0 unspecified atom stereocenters. The van der Waals surface area contributed by atoms with Gasteiger partial charge < -0.3 is 20.2 Å². The molecule has 2 N–H and O–H groups in total. The number of aliphatic hydroxyl groups excluding tert-OH is 1. The molecule has 174 valence electrons. The van der Waals surface area contributed by atoms with E-state index in [4.69, 9.17) is 0 Å². The quantitative estimate of drug-likeness (QED) is 0.753. The van der Waals surface area contributed by atoms with Crippen molar-refractivity contribution in [2.75, 3.05) is 44.6 Å². The molecule has 0 saturated carbocycles. The van der Waals surface area contributed by atoms with Crippen LogP contribution in [0.2, 0.25) is 0 Å². The van der Waals surface area contributed by atoms with E-state index in [-0.39, 0.29) is 17.9 Å². The number of fused-ring (bicyclic) bond motifs is 2. The van der Waals surface area contributed by atoms with Crippen molar-refractivity contribution in [2.45, 2.75) is 38.5 Å². The average molecular weight is 449 g/mol. The van der Waals surface area contributed by atoms with Crippen LogP contribution in [0.15, 0.2) is 42.5 Å². The molecule has 3 heterocycles. The minimum Gasteiger partial charge on any atom is -0.390 e. The van der Waals surface area contributed by atoms with Gasteiger partial charge >= 0.3 is 0 Å². The maximum absolute atomic E-state index is 13.2. The van der Waals surface area contributed by atoms with Gasteiger partial charge in [-0.25, -0.2) is 0 Å². The van der Waals surface area contributed by atoms with Crippen molar-refractivity contribution in [1.82, 2.24) is 14.7 Å². The molecule has 2 amide bonds.